The van der Waals surface area contributed by atoms with Crippen LogP contribution in [0.1, 0.15) is 24.2 Å². The summed E-state index contributed by atoms with van der Waals surface area (Å²) in [7, 11) is 1.52. The van der Waals surface area contributed by atoms with Gasteiger partial charge in [-0.1, -0.05) is 18.2 Å². The zero-order valence-corrected chi connectivity index (χ0v) is 19.4. The van der Waals surface area contributed by atoms with E-state index in [-0.39, 0.29) is 11.9 Å². The number of hydrogen-bond donors (Lipinski definition) is 2. The molecule has 1 fully saturated rings. The Morgan fingerprint density at radius 2 is 1.85 bits per heavy atom. The van der Waals surface area contributed by atoms with Crippen molar-refractivity contribution in [1.29, 1.82) is 0 Å². The van der Waals surface area contributed by atoms with Crippen molar-refractivity contribution in [2.75, 3.05) is 30.4 Å². The predicted octanol–water partition coefficient (Wildman–Crippen LogP) is 3.26. The molecule has 0 aliphatic carbocycles. The van der Waals surface area contributed by atoms with Crippen LogP contribution in [-0.2, 0) is 0 Å². The molecule has 9 heteroatoms. The second-order valence-electron chi connectivity index (χ2n) is 8.54. The largest absolute Gasteiger partial charge is 0.467 e. The molecule has 0 spiro atoms. The molecule has 1 amide bonds. The van der Waals surface area contributed by atoms with Gasteiger partial charge in [0.05, 0.1) is 30.1 Å². The minimum Gasteiger partial charge on any atom is -0.467 e. The van der Waals surface area contributed by atoms with Crippen LogP contribution in [0.15, 0.2) is 60.9 Å². The van der Waals surface area contributed by atoms with Crippen LogP contribution in [0.4, 0.5) is 11.5 Å². The van der Waals surface area contributed by atoms with Crippen LogP contribution >= 0.6 is 0 Å². The monoisotopic (exact) mass is 457 g/mol. The van der Waals surface area contributed by atoms with Gasteiger partial charge in [0.1, 0.15) is 5.82 Å². The molecule has 9 nitrogen and oxygen atoms in total. The van der Waals surface area contributed by atoms with Crippen LogP contribution in [0, 0.1) is 0 Å². The summed E-state index contributed by atoms with van der Waals surface area (Å²) in [4.78, 5) is 24.6. The van der Waals surface area contributed by atoms with Crippen molar-refractivity contribution in [2.24, 2.45) is 0 Å². The standard InChI is InChI=1S/C25H27N7O2/c1-16-14-31(15-17(2)28-16)21-10-9-19(23-20(21)13-26-25(30-23)34-3)24(33)29-22-11-12-27-32(22)18-7-5-4-6-8-18/h4-13,16-17,28H,14-15H2,1-3H3,(H,29,33). The van der Waals surface area contributed by atoms with Gasteiger partial charge in [0, 0.05) is 48.5 Å². The number of anilines is 2. The van der Waals surface area contributed by atoms with E-state index in [1.165, 1.54) is 7.11 Å². The van der Waals surface area contributed by atoms with Crippen molar-refractivity contribution in [2.45, 2.75) is 25.9 Å². The SMILES string of the molecule is COc1ncc2c(N3CC(C)NC(C)C3)ccc(C(=O)Nc3ccnn3-c3ccccc3)c2n1. The maximum absolute atomic E-state index is 13.4. The molecule has 1 saturated heterocycles. The summed E-state index contributed by atoms with van der Waals surface area (Å²) in [5, 5.41) is 11.7. The summed E-state index contributed by atoms with van der Waals surface area (Å²) < 4.78 is 6.96. The Kier molecular flexibility index (Phi) is 5.85. The Morgan fingerprint density at radius 3 is 2.59 bits per heavy atom. The molecule has 0 bridgehead atoms. The first-order valence-corrected chi connectivity index (χ1v) is 11.3. The Morgan fingerprint density at radius 1 is 1.09 bits per heavy atom. The minimum absolute atomic E-state index is 0.218. The molecule has 1 aliphatic rings. The summed E-state index contributed by atoms with van der Waals surface area (Å²) in [5.74, 6) is 0.288. The van der Waals surface area contributed by atoms with Gasteiger partial charge >= 0.3 is 6.01 Å². The number of methoxy groups -OCH3 is 1. The average molecular weight is 458 g/mol. The van der Waals surface area contributed by atoms with Crippen molar-refractivity contribution in [3.05, 3.63) is 66.5 Å². The second kappa shape index (κ2) is 9.11. The lowest BCUT2D eigenvalue weighted by atomic mass is 10.0. The van der Waals surface area contributed by atoms with E-state index in [1.807, 2.05) is 42.5 Å². The van der Waals surface area contributed by atoms with Crippen molar-refractivity contribution < 1.29 is 9.53 Å². The number of hydrogen-bond acceptors (Lipinski definition) is 7. The number of amides is 1. The third-order valence-electron chi connectivity index (χ3n) is 5.92. The normalized spacial score (nSPS) is 18.1. The van der Waals surface area contributed by atoms with Gasteiger partial charge in [-0.25, -0.2) is 9.67 Å². The summed E-state index contributed by atoms with van der Waals surface area (Å²) in [6, 6.07) is 16.1. The van der Waals surface area contributed by atoms with E-state index in [1.54, 1.807) is 23.1 Å². The van der Waals surface area contributed by atoms with E-state index >= 15 is 0 Å². The smallest absolute Gasteiger partial charge is 0.316 e. The summed E-state index contributed by atoms with van der Waals surface area (Å²) in [6.07, 6.45) is 3.39. The molecule has 34 heavy (non-hydrogen) atoms. The first kappa shape index (κ1) is 21.8. The lowest BCUT2D eigenvalue weighted by Gasteiger charge is -2.38. The first-order valence-electron chi connectivity index (χ1n) is 11.3. The molecule has 2 unspecified atom stereocenters. The number of carbonyl (C=O) groups excluding carboxylic acids is 1. The molecule has 5 rings (SSSR count). The van der Waals surface area contributed by atoms with Crippen molar-refractivity contribution in [3.63, 3.8) is 0 Å². The molecular formula is C25H27N7O2. The highest BCUT2D eigenvalue weighted by molar-refractivity contribution is 6.13. The van der Waals surface area contributed by atoms with Gasteiger partial charge in [-0.15, -0.1) is 0 Å². The van der Waals surface area contributed by atoms with Gasteiger partial charge in [0.2, 0.25) is 0 Å². The van der Waals surface area contributed by atoms with Crippen LogP contribution in [0.25, 0.3) is 16.6 Å². The minimum atomic E-state index is -0.281. The van der Waals surface area contributed by atoms with Crippen molar-refractivity contribution in [3.8, 4) is 11.7 Å². The zero-order valence-electron chi connectivity index (χ0n) is 19.4. The molecule has 2 atom stereocenters. The lowest BCUT2D eigenvalue weighted by molar-refractivity contribution is 0.102. The number of nitrogens with zero attached hydrogens (tertiary/aromatic N) is 5. The predicted molar refractivity (Wildman–Crippen MR) is 132 cm³/mol. The fourth-order valence-electron chi connectivity index (χ4n) is 4.53. The molecule has 2 aromatic heterocycles. The number of carbonyl (C=O) groups is 1. The quantitative estimate of drug-likeness (QED) is 0.475. The van der Waals surface area contributed by atoms with Crippen LogP contribution < -0.4 is 20.3 Å². The third-order valence-corrected chi connectivity index (χ3v) is 5.92. The number of piperazine rings is 1. The van der Waals surface area contributed by atoms with Crippen molar-refractivity contribution in [1.82, 2.24) is 25.1 Å². The number of benzene rings is 2. The van der Waals surface area contributed by atoms with Crippen LogP contribution in [0.2, 0.25) is 0 Å². The summed E-state index contributed by atoms with van der Waals surface area (Å²) >= 11 is 0. The highest BCUT2D eigenvalue weighted by Crippen LogP contribution is 2.31. The topological polar surface area (TPSA) is 97.2 Å². The van der Waals surface area contributed by atoms with Crippen LogP contribution in [-0.4, -0.2) is 57.9 Å². The summed E-state index contributed by atoms with van der Waals surface area (Å²) in [6.45, 7) is 6.05. The average Bonchev–Trinajstić information content (AvgIpc) is 3.30. The highest BCUT2D eigenvalue weighted by Gasteiger charge is 2.25. The molecule has 3 heterocycles. The molecule has 174 valence electrons. The third kappa shape index (κ3) is 4.17. The van der Waals surface area contributed by atoms with Gasteiger partial charge in [-0.2, -0.15) is 10.1 Å². The van der Waals surface area contributed by atoms with E-state index < -0.39 is 0 Å². The van der Waals surface area contributed by atoms with Crippen LogP contribution in [0.3, 0.4) is 0 Å². The second-order valence-corrected chi connectivity index (χ2v) is 8.54. The van der Waals surface area contributed by atoms with E-state index in [0.29, 0.717) is 29.0 Å². The Hall–Kier alpha value is -3.98. The number of rotatable bonds is 5. The highest BCUT2D eigenvalue weighted by atomic mass is 16.5. The maximum atomic E-state index is 13.4. The molecule has 0 radical (unpaired) electrons. The van der Waals surface area contributed by atoms with Gasteiger partial charge < -0.3 is 20.3 Å². The first-order chi connectivity index (χ1) is 16.5. The molecule has 4 aromatic rings. The Labute approximate surface area is 197 Å². The van der Waals surface area contributed by atoms with E-state index in [2.05, 4.69) is 44.4 Å². The zero-order chi connectivity index (χ0) is 23.7. The number of ether oxygens (including phenoxy) is 1. The van der Waals surface area contributed by atoms with Gasteiger partial charge in [-0.3, -0.25) is 4.79 Å². The lowest BCUT2D eigenvalue weighted by Crippen LogP contribution is -2.54. The van der Waals surface area contributed by atoms with Crippen LogP contribution in [0.5, 0.6) is 6.01 Å². The van der Waals surface area contributed by atoms with Gasteiger partial charge in [0.15, 0.2) is 0 Å². The van der Waals surface area contributed by atoms with E-state index in [0.717, 1.165) is 29.9 Å². The molecule has 2 aromatic carbocycles. The Balaban J connectivity index is 1.53. The molecular weight excluding hydrogens is 430 g/mol. The Bertz CT molecular complexity index is 1310. The van der Waals surface area contributed by atoms with Gasteiger partial charge in [0.25, 0.3) is 5.91 Å². The number of aromatic nitrogens is 4. The number of fused-ring (bicyclic) bond motifs is 1. The fourth-order valence-corrected chi connectivity index (χ4v) is 4.53. The maximum Gasteiger partial charge on any atom is 0.316 e. The summed E-state index contributed by atoms with van der Waals surface area (Å²) in [5.41, 5.74) is 2.85. The molecule has 0 saturated carbocycles. The van der Waals surface area contributed by atoms with E-state index in [4.69, 9.17) is 4.74 Å². The fraction of sp³-hybridized carbons (Fsp3) is 0.280. The van der Waals surface area contributed by atoms with Crippen molar-refractivity contribution >= 4 is 28.3 Å². The molecule has 2 N–H and O–H groups in total. The number of para-hydroxylation sites is 1. The molecule has 1 aliphatic heterocycles. The number of nitrogens with one attached hydrogen (secondary N) is 2. The van der Waals surface area contributed by atoms with E-state index in [9.17, 15) is 4.79 Å². The van der Waals surface area contributed by atoms with Gasteiger partial charge in [-0.05, 0) is 38.1 Å².